The number of benzene rings is 1. The summed E-state index contributed by atoms with van der Waals surface area (Å²) >= 11 is 0. The fourth-order valence-electron chi connectivity index (χ4n) is 1.42. The van der Waals surface area contributed by atoms with Crippen molar-refractivity contribution in [2.45, 2.75) is 26.3 Å². The van der Waals surface area contributed by atoms with Gasteiger partial charge in [-0.25, -0.2) is 0 Å². The molecule has 16 heavy (non-hydrogen) atoms. The smallest absolute Gasteiger partial charge is 0.119 e. The monoisotopic (exact) mass is 217 g/mol. The molecule has 0 amide bonds. The standard InChI is InChI=1S/C14H19NO/c1-3-5-6-11-15-12-13-7-9-14(10-8-13)16-4-2/h1,7-10,15H,4-6,11-12H2,2H3. The van der Waals surface area contributed by atoms with Crippen LogP contribution in [0.15, 0.2) is 24.3 Å². The average molecular weight is 217 g/mol. The molecule has 0 fully saturated rings. The first kappa shape index (κ1) is 12.6. The lowest BCUT2D eigenvalue weighted by atomic mass is 10.2. The Balaban J connectivity index is 2.24. The van der Waals surface area contributed by atoms with Gasteiger partial charge in [-0.15, -0.1) is 12.3 Å². The lowest BCUT2D eigenvalue weighted by molar-refractivity contribution is 0.340. The molecule has 1 rings (SSSR count). The van der Waals surface area contributed by atoms with Crippen LogP contribution in [0, 0.1) is 12.3 Å². The minimum Gasteiger partial charge on any atom is -0.494 e. The topological polar surface area (TPSA) is 21.3 Å². The van der Waals surface area contributed by atoms with Gasteiger partial charge in [0.2, 0.25) is 0 Å². The van der Waals surface area contributed by atoms with E-state index in [1.165, 1.54) is 5.56 Å². The summed E-state index contributed by atoms with van der Waals surface area (Å²) in [7, 11) is 0. The molecule has 86 valence electrons. The summed E-state index contributed by atoms with van der Waals surface area (Å²) in [4.78, 5) is 0. The number of nitrogens with one attached hydrogen (secondary N) is 1. The van der Waals surface area contributed by atoms with E-state index in [1.807, 2.05) is 19.1 Å². The van der Waals surface area contributed by atoms with Crippen LogP contribution in [0.5, 0.6) is 5.75 Å². The summed E-state index contributed by atoms with van der Waals surface area (Å²) in [5.74, 6) is 3.56. The molecular formula is C14H19NO. The highest BCUT2D eigenvalue weighted by Gasteiger charge is 1.94. The normalized spacial score (nSPS) is 9.75. The lowest BCUT2D eigenvalue weighted by Crippen LogP contribution is -2.14. The fourth-order valence-corrected chi connectivity index (χ4v) is 1.42. The predicted molar refractivity (Wildman–Crippen MR) is 67.4 cm³/mol. The van der Waals surface area contributed by atoms with E-state index in [1.54, 1.807) is 0 Å². The Morgan fingerprint density at radius 1 is 1.31 bits per heavy atom. The molecule has 2 nitrogen and oxygen atoms in total. The molecule has 1 aromatic rings. The summed E-state index contributed by atoms with van der Waals surface area (Å²) in [6, 6.07) is 8.17. The molecule has 0 radical (unpaired) electrons. The highest BCUT2D eigenvalue weighted by Crippen LogP contribution is 2.11. The zero-order valence-electron chi connectivity index (χ0n) is 9.83. The Hall–Kier alpha value is -1.46. The van der Waals surface area contributed by atoms with Gasteiger partial charge in [0.05, 0.1) is 6.61 Å². The van der Waals surface area contributed by atoms with Gasteiger partial charge in [0.25, 0.3) is 0 Å². The van der Waals surface area contributed by atoms with Crippen LogP contribution in [0.25, 0.3) is 0 Å². The van der Waals surface area contributed by atoms with Crippen molar-refractivity contribution in [1.82, 2.24) is 5.32 Å². The van der Waals surface area contributed by atoms with Gasteiger partial charge in [-0.1, -0.05) is 12.1 Å². The van der Waals surface area contributed by atoms with Gasteiger partial charge in [-0.05, 0) is 37.6 Å². The Kier molecular flexibility index (Phi) is 6.13. The molecule has 0 saturated heterocycles. The maximum absolute atomic E-state index is 5.38. The van der Waals surface area contributed by atoms with Crippen LogP contribution in [-0.2, 0) is 6.54 Å². The second-order valence-electron chi connectivity index (χ2n) is 3.56. The number of hydrogen-bond donors (Lipinski definition) is 1. The van der Waals surface area contributed by atoms with E-state index in [0.717, 1.165) is 31.7 Å². The minimum atomic E-state index is 0.712. The van der Waals surface area contributed by atoms with Gasteiger partial charge in [0.15, 0.2) is 0 Å². The third-order valence-electron chi connectivity index (χ3n) is 2.24. The molecule has 0 aliphatic heterocycles. The second-order valence-corrected chi connectivity index (χ2v) is 3.56. The van der Waals surface area contributed by atoms with Crippen molar-refractivity contribution in [2.24, 2.45) is 0 Å². The van der Waals surface area contributed by atoms with Crippen LogP contribution in [0.4, 0.5) is 0 Å². The minimum absolute atomic E-state index is 0.712. The number of terminal acetylenes is 1. The highest BCUT2D eigenvalue weighted by molar-refractivity contribution is 5.27. The van der Waals surface area contributed by atoms with E-state index < -0.39 is 0 Å². The third-order valence-corrected chi connectivity index (χ3v) is 2.24. The number of unbranched alkanes of at least 4 members (excludes halogenated alkanes) is 1. The van der Waals surface area contributed by atoms with Gasteiger partial charge in [0.1, 0.15) is 5.75 Å². The number of rotatable bonds is 7. The predicted octanol–water partition coefficient (Wildman–Crippen LogP) is 2.59. The van der Waals surface area contributed by atoms with Gasteiger partial charge < -0.3 is 10.1 Å². The molecule has 0 aliphatic rings. The van der Waals surface area contributed by atoms with Crippen molar-refractivity contribution in [3.05, 3.63) is 29.8 Å². The Morgan fingerprint density at radius 2 is 2.06 bits per heavy atom. The molecule has 1 N–H and O–H groups in total. The van der Waals surface area contributed by atoms with E-state index in [9.17, 15) is 0 Å². The second kappa shape index (κ2) is 7.78. The lowest BCUT2D eigenvalue weighted by Gasteiger charge is -2.06. The van der Waals surface area contributed by atoms with Crippen LogP contribution in [0.2, 0.25) is 0 Å². The van der Waals surface area contributed by atoms with Crippen LogP contribution < -0.4 is 10.1 Å². The van der Waals surface area contributed by atoms with Crippen LogP contribution in [-0.4, -0.2) is 13.2 Å². The zero-order valence-corrected chi connectivity index (χ0v) is 9.83. The molecule has 0 bridgehead atoms. The van der Waals surface area contributed by atoms with E-state index >= 15 is 0 Å². The van der Waals surface area contributed by atoms with Crippen LogP contribution in [0.1, 0.15) is 25.3 Å². The third kappa shape index (κ3) is 4.86. The Morgan fingerprint density at radius 3 is 2.69 bits per heavy atom. The zero-order chi connectivity index (χ0) is 11.6. The van der Waals surface area contributed by atoms with Crippen molar-refractivity contribution in [1.29, 1.82) is 0 Å². The van der Waals surface area contributed by atoms with Crippen molar-refractivity contribution < 1.29 is 4.74 Å². The SMILES string of the molecule is C#CCCCNCc1ccc(OCC)cc1. The van der Waals surface area contributed by atoms with Gasteiger partial charge in [-0.2, -0.15) is 0 Å². The first-order chi connectivity index (χ1) is 7.86. The molecule has 0 heterocycles. The van der Waals surface area contributed by atoms with Gasteiger partial charge in [-0.3, -0.25) is 0 Å². The van der Waals surface area contributed by atoms with Crippen molar-refractivity contribution in [3.63, 3.8) is 0 Å². The molecule has 0 atom stereocenters. The van der Waals surface area contributed by atoms with Crippen molar-refractivity contribution in [2.75, 3.05) is 13.2 Å². The summed E-state index contributed by atoms with van der Waals surface area (Å²) in [6.07, 6.45) is 7.05. The molecule has 0 unspecified atom stereocenters. The molecule has 0 aromatic heterocycles. The summed E-state index contributed by atoms with van der Waals surface area (Å²) in [6.45, 7) is 4.55. The molecular weight excluding hydrogens is 198 g/mol. The van der Waals surface area contributed by atoms with Crippen molar-refractivity contribution in [3.8, 4) is 18.1 Å². The first-order valence-electron chi connectivity index (χ1n) is 5.72. The Labute approximate surface area is 98.0 Å². The summed E-state index contributed by atoms with van der Waals surface area (Å²) in [5, 5.41) is 3.35. The maximum atomic E-state index is 5.38. The van der Waals surface area contributed by atoms with Crippen molar-refractivity contribution >= 4 is 0 Å². The number of ether oxygens (including phenoxy) is 1. The molecule has 0 aliphatic carbocycles. The molecule has 0 saturated carbocycles. The summed E-state index contributed by atoms with van der Waals surface area (Å²) in [5.41, 5.74) is 1.27. The first-order valence-corrected chi connectivity index (χ1v) is 5.72. The van der Waals surface area contributed by atoms with Crippen LogP contribution >= 0.6 is 0 Å². The van der Waals surface area contributed by atoms with E-state index in [4.69, 9.17) is 11.2 Å². The van der Waals surface area contributed by atoms with E-state index in [-0.39, 0.29) is 0 Å². The largest absolute Gasteiger partial charge is 0.494 e. The summed E-state index contributed by atoms with van der Waals surface area (Å²) < 4.78 is 5.38. The van der Waals surface area contributed by atoms with Gasteiger partial charge in [0, 0.05) is 13.0 Å². The van der Waals surface area contributed by atoms with Gasteiger partial charge >= 0.3 is 0 Å². The molecule has 2 heteroatoms. The van der Waals surface area contributed by atoms with Crippen LogP contribution in [0.3, 0.4) is 0 Å². The number of hydrogen-bond acceptors (Lipinski definition) is 2. The maximum Gasteiger partial charge on any atom is 0.119 e. The van der Waals surface area contributed by atoms with E-state index in [0.29, 0.717) is 6.61 Å². The highest BCUT2D eigenvalue weighted by atomic mass is 16.5. The van der Waals surface area contributed by atoms with E-state index in [2.05, 4.69) is 23.4 Å². The molecule has 1 aromatic carbocycles. The molecule has 0 spiro atoms. The average Bonchev–Trinajstić information content (AvgIpc) is 2.31. The quantitative estimate of drug-likeness (QED) is 0.560. The fraction of sp³-hybridized carbons (Fsp3) is 0.429. The Bertz CT molecular complexity index is 324.